The van der Waals surface area contributed by atoms with Crippen LogP contribution in [0.3, 0.4) is 0 Å². The molecular weight excluding hydrogens is 208 g/mol. The first-order chi connectivity index (χ1) is 7.54. The molecule has 3 atom stereocenters. The minimum atomic E-state index is -0.815. The van der Waals surface area contributed by atoms with E-state index in [-0.39, 0.29) is 5.91 Å². The fraction of sp³-hybridized carbons (Fsp3) is 0.818. The minimum absolute atomic E-state index is 0.113. The lowest BCUT2D eigenvalue weighted by atomic mass is 10.2. The Labute approximate surface area is 95.0 Å². The molecule has 2 rings (SSSR count). The van der Waals surface area contributed by atoms with Crippen molar-refractivity contribution in [3.8, 4) is 0 Å². The van der Waals surface area contributed by atoms with Gasteiger partial charge in [0.15, 0.2) is 0 Å². The van der Waals surface area contributed by atoms with Gasteiger partial charge in [-0.05, 0) is 24.7 Å². The number of amides is 2. The number of carbonyl (C=O) groups excluding carboxylic acids is 1. The van der Waals surface area contributed by atoms with Crippen LogP contribution >= 0.6 is 0 Å². The molecule has 0 aromatic carbocycles. The van der Waals surface area contributed by atoms with E-state index in [9.17, 15) is 9.59 Å². The van der Waals surface area contributed by atoms with Crippen LogP contribution in [-0.4, -0.2) is 53.1 Å². The number of piperidine rings is 1. The molecule has 90 valence electrons. The Kier molecular flexibility index (Phi) is 2.78. The molecular formula is C11H18N2O3. The van der Waals surface area contributed by atoms with Crippen molar-refractivity contribution in [1.29, 1.82) is 0 Å². The standard InChI is InChI=1S/C11H18N2O3/c1-3-12(7(2)14)4-8-9-5-13(11(15)16)6-10(8)9/h8-10H,3-6H2,1-2H3,(H,15,16)/t8-,9-,10?/m0/s1. The zero-order valence-corrected chi connectivity index (χ0v) is 9.72. The van der Waals surface area contributed by atoms with Crippen LogP contribution in [0.4, 0.5) is 4.79 Å². The largest absolute Gasteiger partial charge is 0.465 e. The van der Waals surface area contributed by atoms with Crippen molar-refractivity contribution in [2.24, 2.45) is 17.8 Å². The predicted octanol–water partition coefficient (Wildman–Crippen LogP) is 0.711. The number of likely N-dealkylation sites (tertiary alicyclic amines) is 1. The third-order valence-corrected chi connectivity index (χ3v) is 3.90. The van der Waals surface area contributed by atoms with Gasteiger partial charge < -0.3 is 14.9 Å². The Morgan fingerprint density at radius 3 is 2.31 bits per heavy atom. The van der Waals surface area contributed by atoms with E-state index in [1.54, 1.807) is 6.92 Å². The lowest BCUT2D eigenvalue weighted by Crippen LogP contribution is -2.35. The third-order valence-electron chi connectivity index (χ3n) is 3.90. The monoisotopic (exact) mass is 226 g/mol. The van der Waals surface area contributed by atoms with Crippen LogP contribution in [-0.2, 0) is 4.79 Å². The molecule has 1 N–H and O–H groups in total. The Morgan fingerprint density at radius 1 is 1.38 bits per heavy atom. The molecule has 5 heteroatoms. The third kappa shape index (κ3) is 1.86. The summed E-state index contributed by atoms with van der Waals surface area (Å²) in [6.07, 6.45) is -0.815. The SMILES string of the molecule is CCN(C[C@@H]1C2CN(C(=O)O)C[C@H]21)C(C)=O. The van der Waals surface area contributed by atoms with Gasteiger partial charge in [0.1, 0.15) is 0 Å². The lowest BCUT2D eigenvalue weighted by molar-refractivity contribution is -0.129. The molecule has 0 bridgehead atoms. The van der Waals surface area contributed by atoms with Gasteiger partial charge in [-0.2, -0.15) is 0 Å². The van der Waals surface area contributed by atoms with Crippen molar-refractivity contribution in [3.05, 3.63) is 0 Å². The van der Waals surface area contributed by atoms with Crippen molar-refractivity contribution < 1.29 is 14.7 Å². The van der Waals surface area contributed by atoms with E-state index in [0.717, 1.165) is 13.1 Å². The second kappa shape index (κ2) is 3.96. The van der Waals surface area contributed by atoms with E-state index in [0.29, 0.717) is 30.8 Å². The summed E-state index contributed by atoms with van der Waals surface area (Å²) in [5.74, 6) is 1.62. The van der Waals surface area contributed by atoms with E-state index in [2.05, 4.69) is 0 Å². The highest BCUT2D eigenvalue weighted by Crippen LogP contribution is 2.51. The highest BCUT2D eigenvalue weighted by Gasteiger charge is 2.56. The number of fused-ring (bicyclic) bond motifs is 1. The topological polar surface area (TPSA) is 60.9 Å². The Hall–Kier alpha value is -1.26. The van der Waals surface area contributed by atoms with Crippen molar-refractivity contribution in [3.63, 3.8) is 0 Å². The van der Waals surface area contributed by atoms with Crippen LogP contribution in [0.2, 0.25) is 0 Å². The molecule has 1 saturated carbocycles. The van der Waals surface area contributed by atoms with E-state index in [1.165, 1.54) is 4.90 Å². The number of hydrogen-bond acceptors (Lipinski definition) is 2. The van der Waals surface area contributed by atoms with Crippen molar-refractivity contribution in [1.82, 2.24) is 9.80 Å². The number of carbonyl (C=O) groups is 2. The fourth-order valence-corrected chi connectivity index (χ4v) is 2.81. The van der Waals surface area contributed by atoms with Crippen LogP contribution in [0, 0.1) is 17.8 Å². The summed E-state index contributed by atoms with van der Waals surface area (Å²) in [6.45, 7) is 6.41. The summed E-state index contributed by atoms with van der Waals surface area (Å²) in [6, 6.07) is 0. The van der Waals surface area contributed by atoms with E-state index in [1.807, 2.05) is 11.8 Å². The first kappa shape index (κ1) is 11.2. The molecule has 1 unspecified atom stereocenters. The highest BCUT2D eigenvalue weighted by molar-refractivity contribution is 5.73. The van der Waals surface area contributed by atoms with E-state index in [4.69, 9.17) is 5.11 Å². The average Bonchev–Trinajstić information content (AvgIpc) is 2.68. The van der Waals surface area contributed by atoms with Gasteiger partial charge >= 0.3 is 6.09 Å². The van der Waals surface area contributed by atoms with Gasteiger partial charge in [0.05, 0.1) is 0 Å². The molecule has 0 spiro atoms. The molecule has 2 amide bonds. The second-order valence-electron chi connectivity index (χ2n) is 4.74. The molecule has 2 fully saturated rings. The predicted molar refractivity (Wildman–Crippen MR) is 58.0 cm³/mol. The fourth-order valence-electron chi connectivity index (χ4n) is 2.81. The average molecular weight is 226 g/mol. The first-order valence-corrected chi connectivity index (χ1v) is 5.78. The molecule has 16 heavy (non-hydrogen) atoms. The molecule has 1 saturated heterocycles. The summed E-state index contributed by atoms with van der Waals surface area (Å²) in [7, 11) is 0. The maximum atomic E-state index is 11.3. The second-order valence-corrected chi connectivity index (χ2v) is 4.74. The molecule has 5 nitrogen and oxygen atoms in total. The number of rotatable bonds is 3. The van der Waals surface area contributed by atoms with Crippen molar-refractivity contribution >= 4 is 12.0 Å². The van der Waals surface area contributed by atoms with Gasteiger partial charge in [-0.25, -0.2) is 4.79 Å². The first-order valence-electron chi connectivity index (χ1n) is 5.78. The zero-order chi connectivity index (χ0) is 11.9. The van der Waals surface area contributed by atoms with E-state index >= 15 is 0 Å². The Morgan fingerprint density at radius 2 is 1.94 bits per heavy atom. The zero-order valence-electron chi connectivity index (χ0n) is 9.72. The van der Waals surface area contributed by atoms with Gasteiger partial charge in [-0.1, -0.05) is 0 Å². The summed E-state index contributed by atoms with van der Waals surface area (Å²) in [5.41, 5.74) is 0. The van der Waals surface area contributed by atoms with Crippen LogP contribution in [0.25, 0.3) is 0 Å². The Balaban J connectivity index is 1.81. The van der Waals surface area contributed by atoms with Crippen LogP contribution in [0.5, 0.6) is 0 Å². The summed E-state index contributed by atoms with van der Waals surface area (Å²) >= 11 is 0. The van der Waals surface area contributed by atoms with Gasteiger partial charge in [0.25, 0.3) is 0 Å². The van der Waals surface area contributed by atoms with Gasteiger partial charge in [-0.3, -0.25) is 4.79 Å². The molecule has 1 aliphatic carbocycles. The molecule has 2 aliphatic rings. The summed E-state index contributed by atoms with van der Waals surface area (Å²) in [4.78, 5) is 25.3. The quantitative estimate of drug-likeness (QED) is 0.771. The van der Waals surface area contributed by atoms with E-state index < -0.39 is 6.09 Å². The summed E-state index contributed by atoms with van der Waals surface area (Å²) < 4.78 is 0. The minimum Gasteiger partial charge on any atom is -0.465 e. The molecule has 0 radical (unpaired) electrons. The maximum absolute atomic E-state index is 11.3. The normalized spacial score (nSPS) is 31.1. The molecule has 0 aromatic heterocycles. The lowest BCUT2D eigenvalue weighted by Gasteiger charge is -2.21. The number of hydrogen-bond donors (Lipinski definition) is 1. The van der Waals surface area contributed by atoms with Gasteiger partial charge in [0, 0.05) is 33.1 Å². The maximum Gasteiger partial charge on any atom is 0.407 e. The number of nitrogens with zero attached hydrogens (tertiary/aromatic N) is 2. The molecule has 1 aliphatic heterocycles. The highest BCUT2D eigenvalue weighted by atomic mass is 16.4. The Bertz CT molecular complexity index is 306. The van der Waals surface area contributed by atoms with Crippen LogP contribution in [0.1, 0.15) is 13.8 Å². The smallest absolute Gasteiger partial charge is 0.407 e. The van der Waals surface area contributed by atoms with Crippen molar-refractivity contribution in [2.75, 3.05) is 26.2 Å². The van der Waals surface area contributed by atoms with Crippen molar-refractivity contribution in [2.45, 2.75) is 13.8 Å². The van der Waals surface area contributed by atoms with Crippen LogP contribution in [0.15, 0.2) is 0 Å². The molecule has 1 heterocycles. The van der Waals surface area contributed by atoms with Crippen LogP contribution < -0.4 is 0 Å². The summed E-state index contributed by atoms with van der Waals surface area (Å²) in [5, 5.41) is 8.82. The number of carboxylic acid groups (broad SMARTS) is 1. The van der Waals surface area contributed by atoms with Gasteiger partial charge in [-0.15, -0.1) is 0 Å². The molecule has 0 aromatic rings. The van der Waals surface area contributed by atoms with Gasteiger partial charge in [0.2, 0.25) is 5.91 Å².